The van der Waals surface area contributed by atoms with Crippen LogP contribution in [-0.2, 0) is 17.8 Å². The monoisotopic (exact) mass is 369 g/mol. The number of methoxy groups -OCH3 is 1. The van der Waals surface area contributed by atoms with E-state index < -0.39 is 0 Å². The van der Waals surface area contributed by atoms with Gasteiger partial charge in [0.2, 0.25) is 0 Å². The number of halogens is 1. The van der Waals surface area contributed by atoms with Crippen molar-refractivity contribution in [2.45, 2.75) is 13.1 Å². The molecule has 0 saturated heterocycles. The summed E-state index contributed by atoms with van der Waals surface area (Å²) in [4.78, 5) is 7.91. The van der Waals surface area contributed by atoms with Crippen molar-refractivity contribution in [2.24, 2.45) is 0 Å². The molecule has 0 amide bonds. The van der Waals surface area contributed by atoms with Crippen molar-refractivity contribution < 1.29 is 4.74 Å². The zero-order valence-corrected chi connectivity index (χ0v) is 14.7. The molecule has 0 spiro atoms. The number of rotatable bonds is 8. The highest BCUT2D eigenvalue weighted by Gasteiger charge is 2.07. The molecule has 21 heavy (non-hydrogen) atoms. The van der Waals surface area contributed by atoms with E-state index in [1.807, 2.05) is 6.20 Å². The van der Waals surface area contributed by atoms with Crippen LogP contribution in [0, 0.1) is 0 Å². The number of hydrogen-bond donors (Lipinski definition) is 1. The van der Waals surface area contributed by atoms with E-state index in [9.17, 15) is 0 Å². The van der Waals surface area contributed by atoms with Crippen molar-refractivity contribution in [2.75, 3.05) is 32.2 Å². The first-order chi connectivity index (χ1) is 10.2. The van der Waals surface area contributed by atoms with E-state index in [1.165, 1.54) is 10.4 Å². The van der Waals surface area contributed by atoms with Crippen LogP contribution in [0.25, 0.3) is 0 Å². The number of anilines is 1. The molecule has 2 aromatic rings. The second-order valence-electron chi connectivity index (χ2n) is 4.76. The Bertz CT molecular complexity index is 544. The molecule has 0 fully saturated rings. The molecule has 2 rings (SSSR count). The number of aromatic nitrogens is 1. The zero-order valence-electron chi connectivity index (χ0n) is 12.3. The maximum absolute atomic E-state index is 5.01. The molecule has 0 unspecified atom stereocenters. The molecular formula is C15H20BrN3OS. The lowest BCUT2D eigenvalue weighted by molar-refractivity contribution is 0.199. The molecule has 114 valence electrons. The van der Waals surface area contributed by atoms with Gasteiger partial charge in [0.1, 0.15) is 0 Å². The van der Waals surface area contributed by atoms with E-state index in [0.717, 1.165) is 35.8 Å². The van der Waals surface area contributed by atoms with Crippen molar-refractivity contribution in [1.82, 2.24) is 10.3 Å². The van der Waals surface area contributed by atoms with E-state index >= 15 is 0 Å². The summed E-state index contributed by atoms with van der Waals surface area (Å²) >= 11 is 5.18. The molecule has 0 saturated carbocycles. The van der Waals surface area contributed by atoms with E-state index in [0.29, 0.717) is 0 Å². The highest BCUT2D eigenvalue weighted by molar-refractivity contribution is 9.10. The number of nitrogens with one attached hydrogen (secondary N) is 1. The Balaban J connectivity index is 1.86. The largest absolute Gasteiger partial charge is 0.383 e. The Morgan fingerprint density at radius 2 is 2.10 bits per heavy atom. The quantitative estimate of drug-likeness (QED) is 0.724. The Labute approximate surface area is 138 Å². The third kappa shape index (κ3) is 5.39. The van der Waals surface area contributed by atoms with Gasteiger partial charge in [0.15, 0.2) is 5.13 Å². The first-order valence-electron chi connectivity index (χ1n) is 6.79. The zero-order chi connectivity index (χ0) is 15.1. The summed E-state index contributed by atoms with van der Waals surface area (Å²) in [6.45, 7) is 3.29. The number of thiazole rings is 1. The lowest BCUT2D eigenvalue weighted by atomic mass is 10.2. The van der Waals surface area contributed by atoms with Crippen LogP contribution in [0.15, 0.2) is 34.9 Å². The summed E-state index contributed by atoms with van der Waals surface area (Å²) in [5, 5.41) is 4.38. The Hall–Kier alpha value is -0.950. The van der Waals surface area contributed by atoms with Gasteiger partial charge in [-0.1, -0.05) is 28.1 Å². The molecule has 1 heterocycles. The van der Waals surface area contributed by atoms with Crippen LogP contribution in [0.2, 0.25) is 0 Å². The highest BCUT2D eigenvalue weighted by Crippen LogP contribution is 2.23. The van der Waals surface area contributed by atoms with Crippen molar-refractivity contribution in [3.63, 3.8) is 0 Å². The van der Waals surface area contributed by atoms with E-state index in [-0.39, 0.29) is 0 Å². The molecule has 0 aliphatic heterocycles. The van der Waals surface area contributed by atoms with Crippen LogP contribution >= 0.6 is 27.3 Å². The Morgan fingerprint density at radius 3 is 2.81 bits per heavy atom. The molecule has 0 aliphatic rings. The molecule has 1 aromatic carbocycles. The summed E-state index contributed by atoms with van der Waals surface area (Å²) in [5.74, 6) is 0. The van der Waals surface area contributed by atoms with Crippen molar-refractivity contribution in [1.29, 1.82) is 0 Å². The minimum Gasteiger partial charge on any atom is -0.383 e. The van der Waals surface area contributed by atoms with Crippen molar-refractivity contribution in [3.8, 4) is 0 Å². The van der Waals surface area contributed by atoms with Gasteiger partial charge in [-0.3, -0.25) is 0 Å². The highest BCUT2D eigenvalue weighted by atomic mass is 79.9. The van der Waals surface area contributed by atoms with Gasteiger partial charge in [-0.15, -0.1) is 11.3 Å². The second-order valence-corrected chi connectivity index (χ2v) is 6.77. The third-order valence-electron chi connectivity index (χ3n) is 2.98. The maximum atomic E-state index is 5.01. The average Bonchev–Trinajstić information content (AvgIpc) is 2.95. The topological polar surface area (TPSA) is 37.4 Å². The fraction of sp³-hybridized carbons (Fsp3) is 0.400. The van der Waals surface area contributed by atoms with Gasteiger partial charge in [-0.05, 0) is 17.7 Å². The first kappa shape index (κ1) is 16.4. The lowest BCUT2D eigenvalue weighted by Gasteiger charge is -2.15. The van der Waals surface area contributed by atoms with Gasteiger partial charge in [-0.25, -0.2) is 4.98 Å². The standard InChI is InChI=1S/C15H20BrN3OS/c1-19(11-12-3-5-13(16)6-4-12)15-18-10-14(21-15)9-17-7-8-20-2/h3-6,10,17H,7-9,11H2,1-2H3. The smallest absolute Gasteiger partial charge is 0.185 e. The van der Waals surface area contributed by atoms with E-state index in [4.69, 9.17) is 4.74 Å². The van der Waals surface area contributed by atoms with Crippen LogP contribution in [0.4, 0.5) is 5.13 Å². The van der Waals surface area contributed by atoms with Gasteiger partial charge >= 0.3 is 0 Å². The van der Waals surface area contributed by atoms with Crippen molar-refractivity contribution >= 4 is 32.4 Å². The van der Waals surface area contributed by atoms with E-state index in [1.54, 1.807) is 18.4 Å². The van der Waals surface area contributed by atoms with Crippen molar-refractivity contribution in [3.05, 3.63) is 45.4 Å². The van der Waals surface area contributed by atoms with Gasteiger partial charge in [-0.2, -0.15) is 0 Å². The van der Waals surface area contributed by atoms with Gasteiger partial charge in [0.25, 0.3) is 0 Å². The molecule has 0 aliphatic carbocycles. The van der Waals surface area contributed by atoms with Crippen LogP contribution < -0.4 is 10.2 Å². The number of hydrogen-bond acceptors (Lipinski definition) is 5. The summed E-state index contributed by atoms with van der Waals surface area (Å²) in [6, 6.07) is 8.38. The molecule has 1 N–H and O–H groups in total. The SMILES string of the molecule is COCCNCc1cnc(N(C)Cc2ccc(Br)cc2)s1. The summed E-state index contributed by atoms with van der Waals surface area (Å²) in [5.41, 5.74) is 1.27. The summed E-state index contributed by atoms with van der Waals surface area (Å²) < 4.78 is 6.12. The van der Waals surface area contributed by atoms with Gasteiger partial charge in [0.05, 0.1) is 6.61 Å². The fourth-order valence-corrected chi connectivity index (χ4v) is 2.98. The normalized spacial score (nSPS) is 10.8. The van der Waals surface area contributed by atoms with Crippen LogP contribution in [-0.4, -0.2) is 32.3 Å². The molecule has 1 aromatic heterocycles. The minimum atomic E-state index is 0.731. The number of benzene rings is 1. The molecule has 0 radical (unpaired) electrons. The Kier molecular flexibility index (Phi) is 6.63. The summed E-state index contributed by atoms with van der Waals surface area (Å²) in [6.07, 6.45) is 1.94. The van der Waals surface area contributed by atoms with Crippen LogP contribution in [0.5, 0.6) is 0 Å². The molecule has 0 bridgehead atoms. The maximum Gasteiger partial charge on any atom is 0.185 e. The lowest BCUT2D eigenvalue weighted by Crippen LogP contribution is -2.17. The minimum absolute atomic E-state index is 0.731. The predicted molar refractivity (Wildman–Crippen MR) is 91.9 cm³/mol. The molecule has 6 heteroatoms. The van der Waals surface area contributed by atoms with Crippen LogP contribution in [0.3, 0.4) is 0 Å². The third-order valence-corrected chi connectivity index (χ3v) is 4.62. The molecule has 0 atom stereocenters. The summed E-state index contributed by atoms with van der Waals surface area (Å²) in [7, 11) is 3.78. The predicted octanol–water partition coefficient (Wildman–Crippen LogP) is 3.28. The molecule has 4 nitrogen and oxygen atoms in total. The fourth-order valence-electron chi connectivity index (χ4n) is 1.87. The van der Waals surface area contributed by atoms with Gasteiger partial charge < -0.3 is 15.0 Å². The van der Waals surface area contributed by atoms with Gasteiger partial charge in [0, 0.05) is 49.3 Å². The number of ether oxygens (including phenoxy) is 1. The average molecular weight is 370 g/mol. The Morgan fingerprint density at radius 1 is 1.33 bits per heavy atom. The number of nitrogens with zero attached hydrogens (tertiary/aromatic N) is 2. The second kappa shape index (κ2) is 8.48. The first-order valence-corrected chi connectivity index (χ1v) is 8.40. The van der Waals surface area contributed by atoms with Crippen LogP contribution in [0.1, 0.15) is 10.4 Å². The van der Waals surface area contributed by atoms with E-state index in [2.05, 4.69) is 62.4 Å². The molecular weight excluding hydrogens is 350 g/mol.